The third kappa shape index (κ3) is 9.47. The highest BCUT2D eigenvalue weighted by Gasteiger charge is 2.40. The number of likely N-dealkylation sites (tertiary alicyclic amines) is 2. The van der Waals surface area contributed by atoms with Crippen LogP contribution in [-0.4, -0.2) is 76.9 Å². The number of nitrogens with one attached hydrogen (secondary N) is 2. The first-order chi connectivity index (χ1) is 21.8. The van der Waals surface area contributed by atoms with Crippen molar-refractivity contribution in [2.45, 2.75) is 94.7 Å². The van der Waals surface area contributed by atoms with Gasteiger partial charge in [0, 0.05) is 44.8 Å². The fourth-order valence-corrected chi connectivity index (χ4v) is 6.52. The molecule has 0 aromatic heterocycles. The van der Waals surface area contributed by atoms with E-state index < -0.39 is 24.0 Å². The number of benzene rings is 2. The number of carbonyl (C=O) groups is 4. The van der Waals surface area contributed by atoms with Gasteiger partial charge in [-0.25, -0.2) is 0 Å². The van der Waals surface area contributed by atoms with Crippen LogP contribution in [0.15, 0.2) is 60.7 Å². The van der Waals surface area contributed by atoms with Gasteiger partial charge in [0.05, 0.1) is 17.9 Å². The molecule has 3 amide bonds. The molecule has 45 heavy (non-hydrogen) atoms. The molecule has 0 aliphatic carbocycles. The van der Waals surface area contributed by atoms with E-state index in [0.29, 0.717) is 45.1 Å². The topological polar surface area (TPSA) is 163 Å². The molecule has 2 heterocycles. The number of nitrogens with zero attached hydrogens (tertiary/aromatic N) is 2. The van der Waals surface area contributed by atoms with Crippen LogP contribution in [0.25, 0.3) is 0 Å². The van der Waals surface area contributed by atoms with E-state index >= 15 is 0 Å². The van der Waals surface area contributed by atoms with Crippen LogP contribution >= 0.6 is 0 Å². The second kappa shape index (κ2) is 16.9. The second-order valence-electron chi connectivity index (χ2n) is 12.3. The molecule has 0 spiro atoms. The first-order valence-electron chi connectivity index (χ1n) is 16.4. The summed E-state index contributed by atoms with van der Waals surface area (Å²) in [7, 11) is 0. The van der Waals surface area contributed by atoms with Gasteiger partial charge in [-0.2, -0.15) is 0 Å². The lowest BCUT2D eigenvalue weighted by Gasteiger charge is -2.31. The first-order valence-corrected chi connectivity index (χ1v) is 16.4. The number of piperidine rings is 1. The molecule has 0 bridgehead atoms. The Morgan fingerprint density at radius 1 is 0.822 bits per heavy atom. The van der Waals surface area contributed by atoms with E-state index in [2.05, 4.69) is 5.32 Å². The third-order valence-corrected chi connectivity index (χ3v) is 8.99. The average Bonchev–Trinajstić information content (AvgIpc) is 3.56. The highest BCUT2D eigenvalue weighted by molar-refractivity contribution is 5.95. The summed E-state index contributed by atoms with van der Waals surface area (Å²) in [6.45, 7) is 1.85. The molecule has 0 radical (unpaired) electrons. The molecule has 6 N–H and O–H groups in total. The molecule has 1 unspecified atom stereocenters. The maximum absolute atomic E-state index is 14.0. The van der Waals surface area contributed by atoms with Gasteiger partial charge in [-0.3, -0.25) is 24.6 Å². The van der Waals surface area contributed by atoms with Gasteiger partial charge in [0.15, 0.2) is 5.78 Å². The predicted molar refractivity (Wildman–Crippen MR) is 174 cm³/mol. The first kappa shape index (κ1) is 33.8. The summed E-state index contributed by atoms with van der Waals surface area (Å²) >= 11 is 0. The SMILES string of the molecule is N=C(N)CCCCC(NC(=O)[C@@H]1CCCN1C(=O)[C@@H](N)C(c1ccccc1)c1ccccc1)C(=O)CCC(=O)N1CCCCC1. The van der Waals surface area contributed by atoms with Gasteiger partial charge >= 0.3 is 0 Å². The standard InChI is InChI=1S/C35H48N6O4/c36-30(37)19-9-8-17-27(29(42)20-21-31(43)40-22-10-3-11-23-40)39-34(44)28-18-12-24-41(28)35(45)33(38)32(25-13-4-1-5-14-25)26-15-6-2-7-16-26/h1-2,4-7,13-16,27-28,32-33H,3,8-12,17-24,38H2,(H3,36,37)(H,39,44)/t27?,28-,33-/m0/s1. The van der Waals surface area contributed by atoms with Crippen LogP contribution in [0.5, 0.6) is 0 Å². The van der Waals surface area contributed by atoms with Crippen molar-refractivity contribution in [3.8, 4) is 0 Å². The van der Waals surface area contributed by atoms with Crippen LogP contribution in [0, 0.1) is 5.41 Å². The molecule has 0 saturated carbocycles. The lowest BCUT2D eigenvalue weighted by molar-refractivity contribution is -0.140. The quantitative estimate of drug-likeness (QED) is 0.136. The molecule has 2 aromatic carbocycles. The van der Waals surface area contributed by atoms with Gasteiger partial charge in [-0.15, -0.1) is 0 Å². The Hall–Kier alpha value is -4.05. The van der Waals surface area contributed by atoms with Crippen LogP contribution in [0.2, 0.25) is 0 Å². The number of rotatable bonds is 15. The highest BCUT2D eigenvalue weighted by atomic mass is 16.2. The molecular formula is C35H48N6O4. The Bertz CT molecular complexity index is 1260. The number of amides is 3. The van der Waals surface area contributed by atoms with E-state index in [1.807, 2.05) is 65.6 Å². The van der Waals surface area contributed by atoms with Crippen molar-refractivity contribution in [1.82, 2.24) is 15.1 Å². The molecule has 2 aromatic rings. The fourth-order valence-electron chi connectivity index (χ4n) is 6.52. The van der Waals surface area contributed by atoms with Crippen molar-refractivity contribution in [2.24, 2.45) is 11.5 Å². The minimum absolute atomic E-state index is 0.0300. The summed E-state index contributed by atoms with van der Waals surface area (Å²) in [5, 5.41) is 10.4. The van der Waals surface area contributed by atoms with Gasteiger partial charge in [0.2, 0.25) is 17.7 Å². The Morgan fingerprint density at radius 2 is 1.44 bits per heavy atom. The van der Waals surface area contributed by atoms with E-state index in [-0.39, 0.29) is 42.2 Å². The lowest BCUT2D eigenvalue weighted by Crippen LogP contribution is -2.55. The van der Waals surface area contributed by atoms with Crippen LogP contribution < -0.4 is 16.8 Å². The minimum atomic E-state index is -0.909. The lowest BCUT2D eigenvalue weighted by atomic mass is 9.84. The Morgan fingerprint density at radius 3 is 2.04 bits per heavy atom. The van der Waals surface area contributed by atoms with Crippen molar-refractivity contribution in [3.63, 3.8) is 0 Å². The number of nitrogens with two attached hydrogens (primary N) is 2. The van der Waals surface area contributed by atoms with E-state index in [4.69, 9.17) is 16.9 Å². The van der Waals surface area contributed by atoms with Gasteiger partial charge in [-0.1, -0.05) is 67.1 Å². The van der Waals surface area contributed by atoms with E-state index in [9.17, 15) is 19.2 Å². The molecule has 2 fully saturated rings. The average molecular weight is 617 g/mol. The molecule has 2 aliphatic heterocycles. The summed E-state index contributed by atoms with van der Waals surface area (Å²) < 4.78 is 0. The van der Waals surface area contributed by atoms with Crippen molar-refractivity contribution in [2.75, 3.05) is 19.6 Å². The van der Waals surface area contributed by atoms with Crippen LogP contribution in [0.4, 0.5) is 0 Å². The predicted octanol–water partition coefficient (Wildman–Crippen LogP) is 3.48. The normalized spacial score (nSPS) is 18.0. The van der Waals surface area contributed by atoms with Gasteiger partial charge in [-0.05, 0) is 56.1 Å². The van der Waals surface area contributed by atoms with E-state index in [1.54, 1.807) is 4.90 Å². The molecular weight excluding hydrogens is 568 g/mol. The number of Topliss-reactive ketones (excluding diaryl/α,β-unsaturated/α-hetero) is 1. The van der Waals surface area contributed by atoms with Crippen LogP contribution in [0.1, 0.15) is 87.7 Å². The zero-order valence-corrected chi connectivity index (χ0v) is 26.2. The number of hydrogen-bond acceptors (Lipinski definition) is 6. The Labute approximate surface area is 266 Å². The smallest absolute Gasteiger partial charge is 0.243 e. The molecule has 2 saturated heterocycles. The summed E-state index contributed by atoms with van der Waals surface area (Å²) in [5.74, 6) is -1.22. The summed E-state index contributed by atoms with van der Waals surface area (Å²) in [6.07, 6.45) is 6.34. The van der Waals surface area contributed by atoms with Crippen molar-refractivity contribution < 1.29 is 19.2 Å². The van der Waals surface area contributed by atoms with E-state index in [1.165, 1.54) is 0 Å². The second-order valence-corrected chi connectivity index (χ2v) is 12.3. The number of ketones is 1. The number of carbonyl (C=O) groups excluding carboxylic acids is 4. The van der Waals surface area contributed by atoms with Crippen molar-refractivity contribution in [3.05, 3.63) is 71.8 Å². The highest BCUT2D eigenvalue weighted by Crippen LogP contribution is 2.30. The molecule has 2 aliphatic rings. The summed E-state index contributed by atoms with van der Waals surface area (Å²) in [6, 6.07) is 16.9. The molecule has 3 atom stereocenters. The minimum Gasteiger partial charge on any atom is -0.388 e. The maximum Gasteiger partial charge on any atom is 0.243 e. The summed E-state index contributed by atoms with van der Waals surface area (Å²) in [4.78, 5) is 57.2. The monoisotopic (exact) mass is 616 g/mol. The van der Waals surface area contributed by atoms with Gasteiger partial charge in [0.25, 0.3) is 0 Å². The summed E-state index contributed by atoms with van der Waals surface area (Å²) in [5.41, 5.74) is 14.0. The maximum atomic E-state index is 14.0. The van der Waals surface area contributed by atoms with Crippen molar-refractivity contribution in [1.29, 1.82) is 5.41 Å². The molecule has 10 heteroatoms. The van der Waals surface area contributed by atoms with Crippen LogP contribution in [0.3, 0.4) is 0 Å². The zero-order chi connectivity index (χ0) is 32.2. The van der Waals surface area contributed by atoms with Gasteiger partial charge < -0.3 is 26.6 Å². The number of hydrogen-bond donors (Lipinski definition) is 4. The third-order valence-electron chi connectivity index (χ3n) is 8.99. The largest absolute Gasteiger partial charge is 0.388 e. The number of unbranched alkanes of at least 4 members (excludes halogenated alkanes) is 1. The molecule has 10 nitrogen and oxygen atoms in total. The Kier molecular flexibility index (Phi) is 12.7. The molecule has 4 rings (SSSR count). The van der Waals surface area contributed by atoms with E-state index in [0.717, 1.165) is 43.5 Å². The van der Waals surface area contributed by atoms with Crippen molar-refractivity contribution >= 4 is 29.3 Å². The zero-order valence-electron chi connectivity index (χ0n) is 26.2. The Balaban J connectivity index is 1.44. The molecule has 242 valence electrons. The van der Waals surface area contributed by atoms with Gasteiger partial charge in [0.1, 0.15) is 6.04 Å². The van der Waals surface area contributed by atoms with Crippen LogP contribution in [-0.2, 0) is 19.2 Å². The fraction of sp³-hybridized carbons (Fsp3) is 0.514. The number of amidine groups is 1.